The van der Waals surface area contributed by atoms with Gasteiger partial charge in [0.2, 0.25) is 11.9 Å². The van der Waals surface area contributed by atoms with Crippen LogP contribution in [0.5, 0.6) is 0 Å². The summed E-state index contributed by atoms with van der Waals surface area (Å²) in [5.74, 6) is 0.475. The van der Waals surface area contributed by atoms with Crippen LogP contribution >= 0.6 is 11.3 Å². The number of para-hydroxylation sites is 1. The Morgan fingerprint density at radius 2 is 1.28 bits per heavy atom. The molecule has 24 heteroatoms. The van der Waals surface area contributed by atoms with Gasteiger partial charge in [0.05, 0.1) is 74.1 Å². The minimum absolute atomic E-state index is 0.0703. The van der Waals surface area contributed by atoms with Gasteiger partial charge in [-0.2, -0.15) is 31.3 Å². The molecule has 2 fully saturated rings. The number of nitrogens with one attached hydrogen (secondary N) is 4. The van der Waals surface area contributed by atoms with Crippen molar-refractivity contribution in [1.82, 2.24) is 59.0 Å². The Kier molecular flexibility index (Phi) is 12.5. The van der Waals surface area contributed by atoms with Gasteiger partial charge in [-0.3, -0.25) is 9.13 Å². The molecule has 362 valence electrons. The second-order valence-corrected chi connectivity index (χ2v) is 17.0. The maximum absolute atomic E-state index is 14.1. The lowest BCUT2D eigenvalue weighted by Gasteiger charge is -2.27. The van der Waals surface area contributed by atoms with Crippen LogP contribution in [-0.4, -0.2) is 124 Å². The fourth-order valence-electron chi connectivity index (χ4n) is 8.26. The van der Waals surface area contributed by atoms with Gasteiger partial charge in [0.15, 0.2) is 45.6 Å². The van der Waals surface area contributed by atoms with Crippen molar-refractivity contribution in [3.05, 3.63) is 119 Å². The number of halogens is 3. The summed E-state index contributed by atoms with van der Waals surface area (Å²) in [5, 5.41) is 10.7. The molecule has 10 aromatic rings. The van der Waals surface area contributed by atoms with Crippen LogP contribution in [0.15, 0.2) is 84.1 Å². The third kappa shape index (κ3) is 9.22. The number of anilines is 4. The Balaban J connectivity index is 0.000000154. The molecule has 7 aromatic heterocycles. The number of carbonyl (C=O) groups is 1. The molecule has 3 aromatic carbocycles. The molecule has 4 N–H and O–H groups in total. The van der Waals surface area contributed by atoms with E-state index in [0.717, 1.165) is 36.0 Å². The second kappa shape index (κ2) is 19.6. The number of rotatable bonds is 12. The Labute approximate surface area is 404 Å². The normalized spacial score (nSPS) is 14.1. The summed E-state index contributed by atoms with van der Waals surface area (Å²) in [6.45, 7) is 7.64. The number of thiophene rings is 1. The van der Waals surface area contributed by atoms with Gasteiger partial charge in [0.1, 0.15) is 41.2 Å². The van der Waals surface area contributed by atoms with Crippen molar-refractivity contribution in [3.8, 4) is 11.4 Å². The lowest BCUT2D eigenvalue weighted by molar-refractivity contribution is 0.0528. The highest BCUT2D eigenvalue weighted by Gasteiger charge is 2.23. The smallest absolute Gasteiger partial charge is 0.340 e. The number of benzene rings is 3. The van der Waals surface area contributed by atoms with E-state index in [4.69, 9.17) is 29.2 Å². The largest absolute Gasteiger partial charge is 0.462 e. The molecule has 0 aliphatic carbocycles. The minimum atomic E-state index is -1.00. The third-order valence-electron chi connectivity index (χ3n) is 11.7. The molecule has 71 heavy (non-hydrogen) atoms. The molecule has 0 atom stereocenters. The predicted molar refractivity (Wildman–Crippen MR) is 260 cm³/mol. The van der Waals surface area contributed by atoms with Gasteiger partial charge < -0.3 is 44.6 Å². The van der Waals surface area contributed by atoms with Crippen LogP contribution in [0.2, 0.25) is 0 Å². The van der Waals surface area contributed by atoms with Crippen molar-refractivity contribution < 1.29 is 32.2 Å². The highest BCUT2D eigenvalue weighted by Crippen LogP contribution is 2.29. The van der Waals surface area contributed by atoms with Crippen molar-refractivity contribution in [1.29, 1.82) is 0 Å². The monoisotopic (exact) mass is 984 g/mol. The summed E-state index contributed by atoms with van der Waals surface area (Å²) < 4.78 is 61.3. The van der Waals surface area contributed by atoms with E-state index in [2.05, 4.69) is 55.8 Å². The van der Waals surface area contributed by atoms with Gasteiger partial charge in [-0.15, -0.1) is 0 Å². The Morgan fingerprint density at radius 1 is 0.690 bits per heavy atom. The van der Waals surface area contributed by atoms with Crippen LogP contribution in [0, 0.1) is 17.5 Å². The van der Waals surface area contributed by atoms with Crippen molar-refractivity contribution in [3.63, 3.8) is 0 Å². The topological polar surface area (TPSA) is 220 Å². The first-order valence-corrected chi connectivity index (χ1v) is 23.6. The number of fused-ring (bicyclic) bond motifs is 4. The number of imidazole rings is 4. The second-order valence-electron chi connectivity index (χ2n) is 16.2. The number of aromatic nitrogens is 12. The zero-order valence-electron chi connectivity index (χ0n) is 37.9. The van der Waals surface area contributed by atoms with Crippen LogP contribution in [0.3, 0.4) is 0 Å². The third-order valence-corrected chi connectivity index (χ3v) is 12.4. The number of carbonyl (C=O) groups excluding carboxylic acids is 1. The van der Waals surface area contributed by atoms with Crippen LogP contribution in [0.4, 0.5) is 36.7 Å². The highest BCUT2D eigenvalue weighted by molar-refractivity contribution is 7.08. The number of hydrogen-bond donors (Lipinski definition) is 4. The number of morpholine rings is 2. The van der Waals surface area contributed by atoms with Gasteiger partial charge >= 0.3 is 5.97 Å². The van der Waals surface area contributed by atoms with Gasteiger partial charge in [0, 0.05) is 31.6 Å². The molecule has 0 radical (unpaired) electrons. The van der Waals surface area contributed by atoms with Crippen molar-refractivity contribution >= 4 is 85.2 Å². The number of H-pyrrole nitrogens is 2. The first-order valence-electron chi connectivity index (χ1n) is 22.7. The molecule has 0 unspecified atom stereocenters. The van der Waals surface area contributed by atoms with E-state index < -0.39 is 11.6 Å². The predicted octanol–water partition coefficient (Wildman–Crippen LogP) is 6.94. The van der Waals surface area contributed by atoms with E-state index in [0.29, 0.717) is 127 Å². The molecule has 12 rings (SSSR count). The molecule has 2 aliphatic heterocycles. The van der Waals surface area contributed by atoms with Crippen LogP contribution in [-0.2, 0) is 27.3 Å². The van der Waals surface area contributed by atoms with Crippen LogP contribution in [0.1, 0.15) is 28.9 Å². The number of aromatic amines is 2. The average Bonchev–Trinajstić information content (AvgIpc) is 4.27. The number of esters is 1. The molecule has 0 amide bonds. The van der Waals surface area contributed by atoms with E-state index in [1.165, 1.54) is 18.2 Å². The van der Waals surface area contributed by atoms with Crippen molar-refractivity contribution in [2.24, 2.45) is 0 Å². The van der Waals surface area contributed by atoms with E-state index in [9.17, 15) is 18.0 Å². The summed E-state index contributed by atoms with van der Waals surface area (Å²) in [6, 6.07) is 16.1. The van der Waals surface area contributed by atoms with Crippen LogP contribution < -0.4 is 20.4 Å². The molecular weight excluding hydrogens is 942 g/mol. The maximum Gasteiger partial charge on any atom is 0.340 e. The molecule has 0 spiro atoms. The maximum atomic E-state index is 14.1. The fraction of sp³-hybridized carbons (Fsp3) is 0.255. The SMILES string of the molecule is CCOC(=O)c1cccc2[nH]c(CNc3nc(N4CCOCC4)nc4c3ncn4-c3ccsc3)nc12.Fc1cccc(-n2cnc3c(NCc4nc5c(F)c(F)ccc5[nH]4)nc(N4CCOCC4)nc32)c1. The summed E-state index contributed by atoms with van der Waals surface area (Å²) in [5.41, 5.74) is 6.03. The van der Waals surface area contributed by atoms with E-state index in [-0.39, 0.29) is 23.8 Å². The van der Waals surface area contributed by atoms with Gasteiger partial charge in [0.25, 0.3) is 0 Å². The van der Waals surface area contributed by atoms with E-state index >= 15 is 0 Å². The first kappa shape index (κ1) is 45.2. The van der Waals surface area contributed by atoms with E-state index in [1.54, 1.807) is 53.7 Å². The number of ether oxygens (including phenoxy) is 3. The molecule has 0 bridgehead atoms. The first-order chi connectivity index (χ1) is 34.8. The van der Waals surface area contributed by atoms with Gasteiger partial charge in [-0.05, 0) is 60.8 Å². The zero-order chi connectivity index (χ0) is 48.4. The summed E-state index contributed by atoms with van der Waals surface area (Å²) >= 11 is 1.62. The Bertz CT molecular complexity index is 3530. The molecule has 2 aliphatic rings. The Hall–Kier alpha value is -8.22. The number of hydrogen-bond acceptors (Lipinski definition) is 17. The summed E-state index contributed by atoms with van der Waals surface area (Å²) in [7, 11) is 0. The van der Waals surface area contributed by atoms with Gasteiger partial charge in [-0.1, -0.05) is 12.1 Å². The molecule has 2 saturated heterocycles. The fourth-order valence-corrected chi connectivity index (χ4v) is 8.89. The summed E-state index contributed by atoms with van der Waals surface area (Å²) in [6.07, 6.45) is 3.32. The lowest BCUT2D eigenvalue weighted by Crippen LogP contribution is -2.37. The Morgan fingerprint density at radius 3 is 1.87 bits per heavy atom. The summed E-state index contributed by atoms with van der Waals surface area (Å²) in [4.78, 5) is 59.7. The van der Waals surface area contributed by atoms with Gasteiger partial charge in [-0.25, -0.2) is 37.9 Å². The van der Waals surface area contributed by atoms with Crippen molar-refractivity contribution in [2.75, 3.05) is 79.6 Å². The highest BCUT2D eigenvalue weighted by atomic mass is 32.1. The minimum Gasteiger partial charge on any atom is -0.462 e. The van der Waals surface area contributed by atoms with Crippen molar-refractivity contribution in [2.45, 2.75) is 20.0 Å². The lowest BCUT2D eigenvalue weighted by atomic mass is 10.2. The molecule has 0 saturated carbocycles. The quantitative estimate of drug-likeness (QED) is 0.0912. The average molecular weight is 985 g/mol. The molecule has 9 heterocycles. The van der Waals surface area contributed by atoms with E-state index in [1.807, 2.05) is 33.0 Å². The molecule has 20 nitrogen and oxygen atoms in total. The molecular formula is C47H43F3N16O4S. The van der Waals surface area contributed by atoms with Crippen LogP contribution in [0.25, 0.3) is 55.8 Å². The number of nitrogens with zero attached hydrogens (tertiary/aromatic N) is 12. The zero-order valence-corrected chi connectivity index (χ0v) is 38.7. The standard InChI is InChI=1S/C24H24N8O3S.C23H19F3N8O/c1-2-35-23(33)16-4-3-5-17-19(16)28-18(27-17)12-25-21-20-22(32(14-26-20)15-6-11-36-13-15)30-24(29-21)31-7-9-34-10-8-31;24-13-2-1-3-14(10-13)34-12-28-20-21(31-23(32-22(20)34)33-6-8-35-9-7-33)27-11-17-29-16-5-4-15(25)18(26)19(16)30-17/h3-6,11,13-14H,2,7-10,12H2,1H3,(H,27,28)(H,25,29,30);1-5,10,12H,6-9,11H2,(H,29,30)(H,27,31,32).